The molecule has 6 rings (SSSR count). The fourth-order valence-electron chi connectivity index (χ4n) is 6.59. The van der Waals surface area contributed by atoms with Crippen LogP contribution >= 0.6 is 0 Å². The van der Waals surface area contributed by atoms with Crippen LogP contribution in [-0.4, -0.2) is 60.9 Å². The number of benzene rings is 3. The molecule has 0 bridgehead atoms. The van der Waals surface area contributed by atoms with Gasteiger partial charge in [-0.3, -0.25) is 9.59 Å². The van der Waals surface area contributed by atoms with Crippen LogP contribution in [-0.2, 0) is 16.1 Å². The Kier molecular flexibility index (Phi) is 8.77. The van der Waals surface area contributed by atoms with Crippen LogP contribution in [0.25, 0.3) is 32.9 Å². The molecule has 7 nitrogen and oxygen atoms in total. The van der Waals surface area contributed by atoms with Crippen molar-refractivity contribution in [2.24, 2.45) is 0 Å². The summed E-state index contributed by atoms with van der Waals surface area (Å²) in [6.45, 7) is 8.92. The van der Waals surface area contributed by atoms with Crippen LogP contribution in [0.3, 0.4) is 0 Å². The number of nitrogens with zero attached hydrogens (tertiary/aromatic N) is 3. The zero-order valence-corrected chi connectivity index (χ0v) is 24.7. The third-order valence-corrected chi connectivity index (χ3v) is 8.76. The van der Waals surface area contributed by atoms with Crippen molar-refractivity contribution in [2.75, 3.05) is 49.9 Å². The quantitative estimate of drug-likeness (QED) is 0.188. The predicted molar refractivity (Wildman–Crippen MR) is 171 cm³/mol. The molecule has 4 aromatic rings. The predicted octanol–water partition coefficient (Wildman–Crippen LogP) is 5.82. The molecular weight excluding hydrogens is 522 g/mol. The van der Waals surface area contributed by atoms with Gasteiger partial charge in [0, 0.05) is 54.3 Å². The highest BCUT2D eigenvalue weighted by molar-refractivity contribution is 6.11. The van der Waals surface area contributed by atoms with Crippen molar-refractivity contribution in [1.82, 2.24) is 9.80 Å². The van der Waals surface area contributed by atoms with E-state index in [1.807, 2.05) is 18.2 Å². The number of rotatable bonds is 10. The minimum absolute atomic E-state index is 0.0526. The Balaban J connectivity index is 1.33. The molecule has 2 N–H and O–H groups in total. The number of aromatic nitrogens is 1. The van der Waals surface area contributed by atoms with E-state index in [2.05, 4.69) is 80.5 Å². The first kappa shape index (κ1) is 28.3. The molecule has 0 atom stereocenters. The monoisotopic (exact) mass is 564 g/mol. The van der Waals surface area contributed by atoms with Gasteiger partial charge in [0.15, 0.2) is 0 Å². The normalized spacial score (nSPS) is 15.9. The Hall–Kier alpha value is -3.81. The molecule has 2 fully saturated rings. The lowest BCUT2D eigenvalue weighted by atomic mass is 9.98. The summed E-state index contributed by atoms with van der Waals surface area (Å²) < 4.78 is 2.33. The number of anilines is 2. The third-order valence-electron chi connectivity index (χ3n) is 8.76. The van der Waals surface area contributed by atoms with Gasteiger partial charge in [0.25, 0.3) is 0 Å². The van der Waals surface area contributed by atoms with Crippen LogP contribution in [0.2, 0.25) is 0 Å². The number of amides is 2. The van der Waals surface area contributed by atoms with Crippen molar-refractivity contribution in [1.29, 1.82) is 0 Å². The summed E-state index contributed by atoms with van der Waals surface area (Å²) in [4.78, 5) is 30.4. The van der Waals surface area contributed by atoms with Gasteiger partial charge >= 0.3 is 0 Å². The van der Waals surface area contributed by atoms with E-state index >= 15 is 0 Å². The van der Waals surface area contributed by atoms with Gasteiger partial charge in [0.1, 0.15) is 6.54 Å². The first-order chi connectivity index (χ1) is 20.6. The zero-order chi connectivity index (χ0) is 28.9. The molecule has 0 unspecified atom stereocenters. The van der Waals surface area contributed by atoms with Crippen LogP contribution in [0.1, 0.15) is 45.4 Å². The minimum atomic E-state index is 0.0526. The summed E-state index contributed by atoms with van der Waals surface area (Å²) >= 11 is 0. The SMILES string of the molecule is CC[n+]1c(-c2ccccc2)c2cc(NC(=O)CCN3CCCC3)ccc2c2ccc(NC(=O)CCN3CCCC3)cc21. The molecular formula is C35H42N5O2+. The molecule has 2 saturated heterocycles. The van der Waals surface area contributed by atoms with Crippen molar-refractivity contribution in [3.63, 3.8) is 0 Å². The fourth-order valence-corrected chi connectivity index (χ4v) is 6.59. The van der Waals surface area contributed by atoms with E-state index in [1.165, 1.54) is 25.7 Å². The molecule has 0 radical (unpaired) electrons. The van der Waals surface area contributed by atoms with Crippen LogP contribution in [0.4, 0.5) is 11.4 Å². The van der Waals surface area contributed by atoms with E-state index < -0.39 is 0 Å². The average Bonchev–Trinajstić information content (AvgIpc) is 3.73. The Labute approximate surface area is 248 Å². The molecule has 0 spiro atoms. The molecule has 42 heavy (non-hydrogen) atoms. The maximum absolute atomic E-state index is 12.9. The number of carbonyl (C=O) groups is 2. The number of pyridine rings is 1. The maximum atomic E-state index is 12.9. The van der Waals surface area contributed by atoms with Gasteiger partial charge in [0.2, 0.25) is 23.0 Å². The zero-order valence-electron chi connectivity index (χ0n) is 24.7. The molecule has 2 amide bonds. The number of hydrogen-bond acceptors (Lipinski definition) is 4. The lowest BCUT2D eigenvalue weighted by Crippen LogP contribution is -2.36. The molecule has 1 aromatic heterocycles. The molecule has 7 heteroatoms. The Morgan fingerprint density at radius 1 is 0.690 bits per heavy atom. The van der Waals surface area contributed by atoms with Gasteiger partial charge in [-0.05, 0) is 95.2 Å². The summed E-state index contributed by atoms with van der Waals surface area (Å²) in [7, 11) is 0. The van der Waals surface area contributed by atoms with Gasteiger partial charge in [0.05, 0.1) is 10.8 Å². The molecule has 2 aliphatic rings. The average molecular weight is 565 g/mol. The van der Waals surface area contributed by atoms with Gasteiger partial charge in [-0.15, -0.1) is 0 Å². The number of fused-ring (bicyclic) bond motifs is 3. The second-order valence-corrected chi connectivity index (χ2v) is 11.6. The lowest BCUT2D eigenvalue weighted by molar-refractivity contribution is -0.655. The number of likely N-dealkylation sites (tertiary alicyclic amines) is 2. The van der Waals surface area contributed by atoms with Crippen molar-refractivity contribution < 1.29 is 14.2 Å². The topological polar surface area (TPSA) is 68.6 Å². The van der Waals surface area contributed by atoms with E-state index in [9.17, 15) is 9.59 Å². The highest BCUT2D eigenvalue weighted by atomic mass is 16.2. The van der Waals surface area contributed by atoms with Crippen LogP contribution < -0.4 is 15.2 Å². The first-order valence-corrected chi connectivity index (χ1v) is 15.6. The second kappa shape index (κ2) is 13.0. The Bertz CT molecular complexity index is 1570. The van der Waals surface area contributed by atoms with E-state index in [1.54, 1.807) is 0 Å². The fraction of sp³-hybridized carbons (Fsp3) is 0.400. The summed E-state index contributed by atoms with van der Waals surface area (Å²) in [5.41, 5.74) is 4.92. The number of carbonyl (C=O) groups excluding carboxylic acids is 2. The van der Waals surface area contributed by atoms with Crippen LogP contribution in [0.15, 0.2) is 66.7 Å². The van der Waals surface area contributed by atoms with E-state index in [-0.39, 0.29) is 11.8 Å². The third kappa shape index (κ3) is 6.32. The first-order valence-electron chi connectivity index (χ1n) is 15.6. The summed E-state index contributed by atoms with van der Waals surface area (Å²) in [6, 6.07) is 22.9. The van der Waals surface area contributed by atoms with Crippen molar-refractivity contribution in [3.8, 4) is 11.3 Å². The number of hydrogen-bond donors (Lipinski definition) is 2. The molecule has 3 aromatic carbocycles. The lowest BCUT2D eigenvalue weighted by Gasteiger charge is -2.16. The number of nitrogens with one attached hydrogen (secondary N) is 2. The van der Waals surface area contributed by atoms with Crippen molar-refractivity contribution in [3.05, 3.63) is 66.7 Å². The van der Waals surface area contributed by atoms with Gasteiger partial charge < -0.3 is 20.4 Å². The molecule has 0 saturated carbocycles. The van der Waals surface area contributed by atoms with E-state index in [0.29, 0.717) is 12.8 Å². The standard InChI is InChI=1S/C35H41N5O2/c1-2-40-32-25-28(37-34(42)17-23-39-20-8-9-21-39)13-15-30(32)29-14-12-27(36-33(41)16-22-38-18-6-7-19-38)24-31(29)35(40)26-10-4-3-5-11-26/h3-5,10-15,24-25H,2,6-9,16-23H2,1H3,(H,36,41)/p+1. The number of aryl methyl sites for hydroxylation is 1. The second-order valence-electron chi connectivity index (χ2n) is 11.6. The van der Waals surface area contributed by atoms with E-state index in [0.717, 1.165) is 90.1 Å². The van der Waals surface area contributed by atoms with Crippen molar-refractivity contribution in [2.45, 2.75) is 52.0 Å². The van der Waals surface area contributed by atoms with Gasteiger partial charge in [-0.1, -0.05) is 24.3 Å². The van der Waals surface area contributed by atoms with Crippen molar-refractivity contribution >= 4 is 44.9 Å². The van der Waals surface area contributed by atoms with Crippen LogP contribution in [0, 0.1) is 0 Å². The van der Waals surface area contributed by atoms with Crippen LogP contribution in [0.5, 0.6) is 0 Å². The summed E-state index contributed by atoms with van der Waals surface area (Å²) in [5, 5.41) is 9.64. The Morgan fingerprint density at radius 2 is 1.24 bits per heavy atom. The minimum Gasteiger partial charge on any atom is -0.326 e. The largest absolute Gasteiger partial charge is 0.326 e. The highest BCUT2D eigenvalue weighted by Crippen LogP contribution is 2.34. The molecule has 0 aliphatic carbocycles. The molecule has 3 heterocycles. The molecule has 2 aliphatic heterocycles. The van der Waals surface area contributed by atoms with Gasteiger partial charge in [-0.2, -0.15) is 4.57 Å². The van der Waals surface area contributed by atoms with Gasteiger partial charge in [-0.25, -0.2) is 0 Å². The maximum Gasteiger partial charge on any atom is 0.225 e. The van der Waals surface area contributed by atoms with E-state index in [4.69, 9.17) is 0 Å². The smallest absolute Gasteiger partial charge is 0.225 e. The Morgan fingerprint density at radius 3 is 1.81 bits per heavy atom. The molecule has 218 valence electrons. The summed E-state index contributed by atoms with van der Waals surface area (Å²) in [5.74, 6) is 0.107. The highest BCUT2D eigenvalue weighted by Gasteiger charge is 2.24. The summed E-state index contributed by atoms with van der Waals surface area (Å²) in [6.07, 6.45) is 5.93.